The van der Waals surface area contributed by atoms with Gasteiger partial charge in [-0.15, -0.1) is 5.10 Å². The summed E-state index contributed by atoms with van der Waals surface area (Å²) in [4.78, 5) is 4.22. The van der Waals surface area contributed by atoms with Gasteiger partial charge in [-0.25, -0.2) is 9.07 Å². The molecule has 0 fully saturated rings. The molecular formula is C17H15ClFN5. The second-order valence-corrected chi connectivity index (χ2v) is 6.14. The number of benzene rings is 2. The van der Waals surface area contributed by atoms with Gasteiger partial charge in [0.15, 0.2) is 0 Å². The molecule has 2 aromatic carbocycles. The van der Waals surface area contributed by atoms with Crippen LogP contribution in [0.4, 0.5) is 16.3 Å². The lowest BCUT2D eigenvalue weighted by atomic mass is 9.93. The summed E-state index contributed by atoms with van der Waals surface area (Å²) >= 11 is 6.28. The zero-order chi connectivity index (χ0) is 16.7. The molecule has 1 aromatic heterocycles. The third kappa shape index (κ3) is 2.49. The molecule has 0 amide bonds. The van der Waals surface area contributed by atoms with Crippen molar-refractivity contribution in [2.75, 3.05) is 11.1 Å². The lowest BCUT2D eigenvalue weighted by Gasteiger charge is -2.32. The van der Waals surface area contributed by atoms with Gasteiger partial charge >= 0.3 is 0 Å². The third-order valence-electron chi connectivity index (χ3n) is 4.24. The summed E-state index contributed by atoms with van der Waals surface area (Å²) in [5.41, 5.74) is 7.24. The monoisotopic (exact) mass is 343 g/mol. The predicted molar refractivity (Wildman–Crippen MR) is 91.4 cm³/mol. The molecule has 7 heteroatoms. The Kier molecular flexibility index (Phi) is 3.61. The van der Waals surface area contributed by atoms with Gasteiger partial charge in [0, 0.05) is 10.6 Å². The second kappa shape index (κ2) is 5.79. The van der Waals surface area contributed by atoms with Crippen molar-refractivity contribution >= 4 is 23.5 Å². The van der Waals surface area contributed by atoms with Crippen LogP contribution in [0.2, 0.25) is 5.02 Å². The summed E-state index contributed by atoms with van der Waals surface area (Å²) in [5.74, 6) is 0.293. The number of fused-ring (bicyclic) bond motifs is 1. The lowest BCUT2D eigenvalue weighted by Crippen LogP contribution is -2.28. The summed E-state index contributed by atoms with van der Waals surface area (Å²) in [6, 6.07) is 14.2. The highest BCUT2D eigenvalue weighted by Crippen LogP contribution is 2.40. The smallest absolute Gasteiger partial charge is 0.241 e. The molecule has 0 saturated carbocycles. The number of nitrogen functional groups attached to an aromatic ring is 1. The predicted octanol–water partition coefficient (Wildman–Crippen LogP) is 3.80. The van der Waals surface area contributed by atoms with E-state index in [4.69, 9.17) is 17.3 Å². The molecule has 4 rings (SSSR count). The highest BCUT2D eigenvalue weighted by atomic mass is 35.5. The van der Waals surface area contributed by atoms with Gasteiger partial charge in [0.2, 0.25) is 11.9 Å². The highest BCUT2D eigenvalue weighted by Gasteiger charge is 2.33. The van der Waals surface area contributed by atoms with Crippen molar-refractivity contribution in [2.24, 2.45) is 0 Å². The molecule has 0 saturated heterocycles. The second-order valence-electron chi connectivity index (χ2n) is 5.73. The maximum atomic E-state index is 14.5. The standard InChI is InChI=1S/C17H15ClFN5/c18-11-7-4-8-12(19)15(11)14-9-13(10-5-2-1-3-6-10)21-17-22-16(20)23-24(14)17/h1-8,13-14H,9H2,(H3,20,21,22,23). The van der Waals surface area contributed by atoms with E-state index < -0.39 is 0 Å². The van der Waals surface area contributed by atoms with E-state index in [1.165, 1.54) is 6.07 Å². The first-order valence-electron chi connectivity index (χ1n) is 7.61. The van der Waals surface area contributed by atoms with Crippen LogP contribution in [0.15, 0.2) is 48.5 Å². The summed E-state index contributed by atoms with van der Waals surface area (Å²) in [5, 5.41) is 7.90. The highest BCUT2D eigenvalue weighted by molar-refractivity contribution is 6.31. The fourth-order valence-corrected chi connectivity index (χ4v) is 3.46. The first-order chi connectivity index (χ1) is 11.6. The largest absolute Gasteiger partial charge is 0.366 e. The van der Waals surface area contributed by atoms with Gasteiger partial charge in [-0.1, -0.05) is 48.0 Å². The minimum Gasteiger partial charge on any atom is -0.366 e. The number of rotatable bonds is 2. The van der Waals surface area contributed by atoms with E-state index in [1.54, 1.807) is 16.8 Å². The van der Waals surface area contributed by atoms with Crippen molar-refractivity contribution in [3.63, 3.8) is 0 Å². The van der Waals surface area contributed by atoms with Gasteiger partial charge in [-0.3, -0.25) is 0 Å². The van der Waals surface area contributed by atoms with Crippen LogP contribution in [-0.4, -0.2) is 14.8 Å². The van der Waals surface area contributed by atoms with Gasteiger partial charge in [0.25, 0.3) is 0 Å². The van der Waals surface area contributed by atoms with Gasteiger partial charge < -0.3 is 11.1 Å². The van der Waals surface area contributed by atoms with Crippen LogP contribution in [0, 0.1) is 5.82 Å². The topological polar surface area (TPSA) is 68.8 Å². The van der Waals surface area contributed by atoms with E-state index in [-0.39, 0.29) is 23.8 Å². The van der Waals surface area contributed by atoms with Crippen LogP contribution < -0.4 is 11.1 Å². The first kappa shape index (κ1) is 15.0. The first-order valence-corrected chi connectivity index (χ1v) is 7.98. The number of nitrogens with zero attached hydrogens (tertiary/aromatic N) is 3. The van der Waals surface area contributed by atoms with Gasteiger partial charge in [0.1, 0.15) is 5.82 Å². The maximum absolute atomic E-state index is 14.5. The Morgan fingerprint density at radius 2 is 1.96 bits per heavy atom. The summed E-state index contributed by atoms with van der Waals surface area (Å²) in [7, 11) is 0. The van der Waals surface area contributed by atoms with Crippen molar-refractivity contribution < 1.29 is 4.39 Å². The average Bonchev–Trinajstić information content (AvgIpc) is 2.95. The molecule has 0 spiro atoms. The van der Waals surface area contributed by atoms with E-state index in [1.807, 2.05) is 30.3 Å². The molecule has 24 heavy (non-hydrogen) atoms. The number of aromatic nitrogens is 3. The third-order valence-corrected chi connectivity index (χ3v) is 4.57. The number of hydrogen-bond acceptors (Lipinski definition) is 4. The SMILES string of the molecule is Nc1nc2n(n1)C(c1c(F)cccc1Cl)CC(c1ccccc1)N2. The van der Waals surface area contributed by atoms with Crippen molar-refractivity contribution in [1.29, 1.82) is 0 Å². The number of nitrogens with one attached hydrogen (secondary N) is 1. The molecule has 122 valence electrons. The van der Waals surface area contributed by atoms with Crippen LogP contribution in [0.1, 0.15) is 29.6 Å². The molecule has 3 N–H and O–H groups in total. The molecule has 1 aliphatic heterocycles. The summed E-state index contributed by atoms with van der Waals surface area (Å²) in [6.45, 7) is 0. The van der Waals surface area contributed by atoms with Crippen LogP contribution in [0.25, 0.3) is 0 Å². The van der Waals surface area contributed by atoms with Crippen LogP contribution in [0.5, 0.6) is 0 Å². The van der Waals surface area contributed by atoms with Crippen molar-refractivity contribution in [1.82, 2.24) is 14.8 Å². The van der Waals surface area contributed by atoms with Crippen molar-refractivity contribution in [2.45, 2.75) is 18.5 Å². The average molecular weight is 344 g/mol. The van der Waals surface area contributed by atoms with Crippen LogP contribution in [0.3, 0.4) is 0 Å². The van der Waals surface area contributed by atoms with Gasteiger partial charge in [-0.2, -0.15) is 4.98 Å². The molecule has 2 unspecified atom stereocenters. The number of nitrogens with two attached hydrogens (primary N) is 1. The summed E-state index contributed by atoms with van der Waals surface area (Å²) in [6.07, 6.45) is 0.584. The maximum Gasteiger partial charge on any atom is 0.241 e. The van der Waals surface area contributed by atoms with E-state index in [9.17, 15) is 4.39 Å². The van der Waals surface area contributed by atoms with Crippen LogP contribution in [-0.2, 0) is 0 Å². The Morgan fingerprint density at radius 3 is 2.71 bits per heavy atom. The molecule has 0 aliphatic carbocycles. The minimum absolute atomic E-state index is 0.0389. The van der Waals surface area contributed by atoms with Crippen molar-refractivity contribution in [3.05, 3.63) is 70.5 Å². The van der Waals surface area contributed by atoms with E-state index >= 15 is 0 Å². The lowest BCUT2D eigenvalue weighted by molar-refractivity contribution is 0.416. The minimum atomic E-state index is -0.384. The fourth-order valence-electron chi connectivity index (χ4n) is 3.17. The Balaban J connectivity index is 1.83. The quantitative estimate of drug-likeness (QED) is 0.742. The van der Waals surface area contributed by atoms with E-state index in [0.717, 1.165) is 5.56 Å². The zero-order valence-electron chi connectivity index (χ0n) is 12.7. The molecule has 2 heterocycles. The molecule has 1 aliphatic rings. The Labute approximate surface area is 143 Å². The zero-order valence-corrected chi connectivity index (χ0v) is 13.4. The van der Waals surface area contributed by atoms with Crippen molar-refractivity contribution in [3.8, 4) is 0 Å². The molecule has 0 radical (unpaired) electrons. The normalized spacial score (nSPS) is 19.6. The number of hydrogen-bond donors (Lipinski definition) is 2. The van der Waals surface area contributed by atoms with Gasteiger partial charge in [-0.05, 0) is 24.1 Å². The Bertz CT molecular complexity index is 860. The summed E-state index contributed by atoms with van der Waals surface area (Å²) < 4.78 is 16.1. The Morgan fingerprint density at radius 1 is 1.17 bits per heavy atom. The number of halogens is 2. The van der Waals surface area contributed by atoms with Gasteiger partial charge in [0.05, 0.1) is 12.1 Å². The van der Waals surface area contributed by atoms with E-state index in [2.05, 4.69) is 15.4 Å². The van der Waals surface area contributed by atoms with E-state index in [0.29, 0.717) is 23.0 Å². The molecule has 0 bridgehead atoms. The molecular weight excluding hydrogens is 329 g/mol. The Hall–Kier alpha value is -2.60. The van der Waals surface area contributed by atoms with Crippen LogP contribution >= 0.6 is 11.6 Å². The fraction of sp³-hybridized carbons (Fsp3) is 0.176. The molecule has 2 atom stereocenters. The molecule has 3 aromatic rings. The number of anilines is 2. The molecule has 5 nitrogen and oxygen atoms in total.